The van der Waals surface area contributed by atoms with Crippen molar-refractivity contribution in [2.24, 2.45) is 11.8 Å². The van der Waals surface area contributed by atoms with Gasteiger partial charge in [0.05, 0.1) is 12.7 Å². The molecule has 2 saturated heterocycles. The summed E-state index contributed by atoms with van der Waals surface area (Å²) in [6.45, 7) is 4.72. The number of nitrogens with zero attached hydrogens (tertiary/aromatic N) is 4. The quantitative estimate of drug-likeness (QED) is 0.885. The number of carbonyl (C=O) groups excluding carboxylic acids is 1. The van der Waals surface area contributed by atoms with E-state index in [0.29, 0.717) is 13.0 Å². The van der Waals surface area contributed by atoms with E-state index < -0.39 is 0 Å². The summed E-state index contributed by atoms with van der Waals surface area (Å²) < 4.78 is 1.72. The third-order valence-corrected chi connectivity index (χ3v) is 4.40. The Kier molecular flexibility index (Phi) is 5.37. The first-order valence-corrected chi connectivity index (χ1v) is 7.15. The summed E-state index contributed by atoms with van der Waals surface area (Å²) in [7, 11) is 0. The van der Waals surface area contributed by atoms with E-state index in [4.69, 9.17) is 0 Å². The standard InChI is InChI=1S/C13H21N5O.ClH/c19-13(3-7-18-8-4-15-16-18)17-5-1-11-9-14-10-12(11)2-6-17;/h4,8,11-12,14H,1-3,5-7,9-10H2;1H/t11-,12+;. The summed E-state index contributed by atoms with van der Waals surface area (Å²) in [6.07, 6.45) is 6.26. The van der Waals surface area contributed by atoms with Crippen LogP contribution in [0.3, 0.4) is 0 Å². The maximum atomic E-state index is 12.2. The normalized spacial score (nSPS) is 25.7. The Morgan fingerprint density at radius 3 is 2.55 bits per heavy atom. The number of hydrogen-bond acceptors (Lipinski definition) is 4. The largest absolute Gasteiger partial charge is 0.343 e. The number of nitrogens with one attached hydrogen (secondary N) is 1. The van der Waals surface area contributed by atoms with Crippen LogP contribution in [0.15, 0.2) is 12.4 Å². The summed E-state index contributed by atoms with van der Waals surface area (Å²) >= 11 is 0. The Hall–Kier alpha value is -1.14. The van der Waals surface area contributed by atoms with Gasteiger partial charge in [-0.1, -0.05) is 5.21 Å². The second-order valence-electron chi connectivity index (χ2n) is 5.55. The molecule has 2 aliphatic rings. The van der Waals surface area contributed by atoms with Crippen molar-refractivity contribution in [1.82, 2.24) is 25.2 Å². The molecule has 1 aromatic rings. The van der Waals surface area contributed by atoms with Crippen molar-refractivity contribution in [3.63, 3.8) is 0 Å². The van der Waals surface area contributed by atoms with Gasteiger partial charge in [0.2, 0.25) is 5.91 Å². The second-order valence-corrected chi connectivity index (χ2v) is 5.55. The van der Waals surface area contributed by atoms with Crippen LogP contribution in [0, 0.1) is 11.8 Å². The molecule has 1 N–H and O–H groups in total. The van der Waals surface area contributed by atoms with Gasteiger partial charge in [-0.05, 0) is 37.8 Å². The number of rotatable bonds is 3. The number of halogens is 1. The van der Waals surface area contributed by atoms with Crippen LogP contribution in [0.2, 0.25) is 0 Å². The minimum Gasteiger partial charge on any atom is -0.343 e. The van der Waals surface area contributed by atoms with Gasteiger partial charge < -0.3 is 10.2 Å². The molecule has 0 spiro atoms. The van der Waals surface area contributed by atoms with E-state index in [1.54, 1.807) is 17.1 Å². The highest BCUT2D eigenvalue weighted by Gasteiger charge is 2.31. The molecule has 20 heavy (non-hydrogen) atoms. The van der Waals surface area contributed by atoms with Crippen LogP contribution in [0.1, 0.15) is 19.3 Å². The second kappa shape index (κ2) is 7.04. The molecule has 1 aromatic heterocycles. The lowest BCUT2D eigenvalue weighted by Crippen LogP contribution is -2.33. The van der Waals surface area contributed by atoms with Gasteiger partial charge in [-0.25, -0.2) is 0 Å². The Morgan fingerprint density at radius 1 is 1.25 bits per heavy atom. The fraction of sp³-hybridized carbons (Fsp3) is 0.769. The molecule has 2 aliphatic heterocycles. The van der Waals surface area contributed by atoms with Crippen LogP contribution in [-0.2, 0) is 11.3 Å². The molecule has 0 saturated carbocycles. The molecular weight excluding hydrogens is 278 g/mol. The third-order valence-electron chi connectivity index (χ3n) is 4.40. The topological polar surface area (TPSA) is 63.1 Å². The molecule has 0 unspecified atom stereocenters. The summed E-state index contributed by atoms with van der Waals surface area (Å²) in [6, 6.07) is 0. The third kappa shape index (κ3) is 3.49. The number of likely N-dealkylation sites (tertiary alicyclic amines) is 1. The van der Waals surface area contributed by atoms with Crippen LogP contribution in [0.4, 0.5) is 0 Å². The molecule has 0 radical (unpaired) electrons. The number of amides is 1. The Bertz CT molecular complexity index is 410. The molecule has 3 heterocycles. The molecule has 7 heteroatoms. The molecule has 0 bridgehead atoms. The maximum Gasteiger partial charge on any atom is 0.224 e. The molecule has 2 fully saturated rings. The van der Waals surface area contributed by atoms with Gasteiger partial charge in [0.1, 0.15) is 0 Å². The molecule has 112 valence electrons. The highest BCUT2D eigenvalue weighted by atomic mass is 35.5. The van der Waals surface area contributed by atoms with Gasteiger partial charge in [-0.2, -0.15) is 0 Å². The van der Waals surface area contributed by atoms with Gasteiger partial charge in [0, 0.05) is 25.7 Å². The van der Waals surface area contributed by atoms with Gasteiger partial charge in [-0.15, -0.1) is 17.5 Å². The fourth-order valence-corrected chi connectivity index (χ4v) is 3.19. The summed E-state index contributed by atoms with van der Waals surface area (Å²) in [5.41, 5.74) is 0. The van der Waals surface area contributed by atoms with Crippen molar-refractivity contribution < 1.29 is 4.79 Å². The molecular formula is C13H22ClN5O. The van der Waals surface area contributed by atoms with E-state index >= 15 is 0 Å². The zero-order valence-corrected chi connectivity index (χ0v) is 12.4. The number of carbonyl (C=O) groups is 1. The Labute approximate surface area is 125 Å². The van der Waals surface area contributed by atoms with Crippen LogP contribution >= 0.6 is 12.4 Å². The van der Waals surface area contributed by atoms with E-state index in [-0.39, 0.29) is 18.3 Å². The van der Waals surface area contributed by atoms with E-state index in [0.717, 1.165) is 50.9 Å². The fourth-order valence-electron chi connectivity index (χ4n) is 3.19. The highest BCUT2D eigenvalue weighted by molar-refractivity contribution is 5.85. The van der Waals surface area contributed by atoms with E-state index in [2.05, 4.69) is 15.6 Å². The zero-order valence-electron chi connectivity index (χ0n) is 11.6. The first-order chi connectivity index (χ1) is 9.33. The lowest BCUT2D eigenvalue weighted by Gasteiger charge is -2.20. The first kappa shape index (κ1) is 15.3. The summed E-state index contributed by atoms with van der Waals surface area (Å²) in [5.74, 6) is 1.80. The van der Waals surface area contributed by atoms with Crippen molar-refractivity contribution in [3.8, 4) is 0 Å². The van der Waals surface area contributed by atoms with E-state index in [9.17, 15) is 4.79 Å². The predicted molar refractivity (Wildman–Crippen MR) is 77.6 cm³/mol. The van der Waals surface area contributed by atoms with Crippen LogP contribution < -0.4 is 5.32 Å². The van der Waals surface area contributed by atoms with Gasteiger partial charge in [0.15, 0.2) is 0 Å². The van der Waals surface area contributed by atoms with Gasteiger partial charge in [-0.3, -0.25) is 9.48 Å². The van der Waals surface area contributed by atoms with Crippen LogP contribution in [0.25, 0.3) is 0 Å². The van der Waals surface area contributed by atoms with Gasteiger partial charge >= 0.3 is 0 Å². The van der Waals surface area contributed by atoms with Gasteiger partial charge in [0.25, 0.3) is 0 Å². The summed E-state index contributed by atoms with van der Waals surface area (Å²) in [5, 5.41) is 11.1. The van der Waals surface area contributed by atoms with E-state index in [1.807, 2.05) is 4.90 Å². The van der Waals surface area contributed by atoms with Crippen molar-refractivity contribution in [2.75, 3.05) is 26.2 Å². The van der Waals surface area contributed by atoms with Crippen molar-refractivity contribution in [2.45, 2.75) is 25.8 Å². The van der Waals surface area contributed by atoms with Crippen molar-refractivity contribution in [1.29, 1.82) is 0 Å². The van der Waals surface area contributed by atoms with Crippen LogP contribution in [-0.4, -0.2) is 52.0 Å². The van der Waals surface area contributed by atoms with Crippen LogP contribution in [0.5, 0.6) is 0 Å². The number of aryl methyl sites for hydroxylation is 1. The monoisotopic (exact) mass is 299 g/mol. The Morgan fingerprint density at radius 2 is 1.95 bits per heavy atom. The lowest BCUT2D eigenvalue weighted by molar-refractivity contribution is -0.131. The molecule has 2 atom stereocenters. The first-order valence-electron chi connectivity index (χ1n) is 7.15. The number of fused-ring (bicyclic) bond motifs is 1. The summed E-state index contributed by atoms with van der Waals surface area (Å²) in [4.78, 5) is 14.3. The smallest absolute Gasteiger partial charge is 0.224 e. The van der Waals surface area contributed by atoms with Crippen molar-refractivity contribution >= 4 is 18.3 Å². The molecule has 1 amide bonds. The Balaban J connectivity index is 0.00000147. The average molecular weight is 300 g/mol. The minimum atomic E-state index is 0. The molecule has 6 nitrogen and oxygen atoms in total. The number of aromatic nitrogens is 3. The molecule has 0 aliphatic carbocycles. The van der Waals surface area contributed by atoms with E-state index in [1.165, 1.54) is 0 Å². The molecule has 0 aromatic carbocycles. The highest BCUT2D eigenvalue weighted by Crippen LogP contribution is 2.27. The zero-order chi connectivity index (χ0) is 13.1. The predicted octanol–water partition coefficient (Wildman–Crippen LogP) is 0.548. The SMILES string of the molecule is Cl.O=C(CCn1ccnn1)N1CC[C@@H]2CNC[C@@H]2CC1. The maximum absolute atomic E-state index is 12.2. The average Bonchev–Trinajstić information content (AvgIpc) is 3.05. The number of hydrogen-bond donors (Lipinski definition) is 1. The van der Waals surface area contributed by atoms with Crippen molar-refractivity contribution in [3.05, 3.63) is 12.4 Å². The minimum absolute atomic E-state index is 0. The molecule has 3 rings (SSSR count). The lowest BCUT2D eigenvalue weighted by atomic mass is 9.92.